The molecular weight excluding hydrogens is 876 g/mol. The van der Waals surface area contributed by atoms with Gasteiger partial charge in [-0.3, -0.25) is 29.4 Å². The molecule has 3 saturated heterocycles. The number of imide groups is 1. The van der Waals surface area contributed by atoms with Crippen LogP contribution in [0.25, 0.3) is 0 Å². The van der Waals surface area contributed by atoms with Crippen molar-refractivity contribution in [3.63, 3.8) is 0 Å². The second kappa shape index (κ2) is 20.5. The van der Waals surface area contributed by atoms with Crippen LogP contribution in [0.4, 0.5) is 10.5 Å². The molecule has 4 fully saturated rings. The van der Waals surface area contributed by atoms with Crippen molar-refractivity contribution in [1.82, 2.24) is 15.5 Å². The number of amides is 5. The van der Waals surface area contributed by atoms with Crippen LogP contribution in [0.3, 0.4) is 0 Å². The number of hydrogen-bond donors (Lipinski definition) is 3. The first kappa shape index (κ1) is 50.5. The van der Waals surface area contributed by atoms with Gasteiger partial charge in [0, 0.05) is 57.8 Å². The van der Waals surface area contributed by atoms with Crippen LogP contribution in [0.2, 0.25) is 5.02 Å². The zero-order valence-corrected chi connectivity index (χ0v) is 40.8. The van der Waals surface area contributed by atoms with Crippen LogP contribution in [-0.4, -0.2) is 119 Å². The molecule has 4 aliphatic heterocycles. The van der Waals surface area contributed by atoms with Crippen LogP contribution in [0.5, 0.6) is 0 Å². The van der Waals surface area contributed by atoms with E-state index in [-0.39, 0.29) is 61.3 Å². The van der Waals surface area contributed by atoms with Crippen molar-refractivity contribution in [3.8, 4) is 0 Å². The van der Waals surface area contributed by atoms with Gasteiger partial charge < -0.3 is 34.3 Å². The van der Waals surface area contributed by atoms with Crippen molar-refractivity contribution < 1.29 is 52.8 Å². The molecule has 5 amide bonds. The fourth-order valence-corrected chi connectivity index (χ4v) is 10.9. The number of likely N-dealkylation sites (tertiary alicyclic amines) is 1. The summed E-state index contributed by atoms with van der Waals surface area (Å²) in [6.07, 6.45) is 6.42. The Hall–Kier alpha value is -3.96. The topological polar surface area (TPSA) is 193 Å². The largest absolute Gasteiger partial charge is 0.457 e. The molecule has 4 heterocycles. The maximum absolute atomic E-state index is 14.3. The molecule has 6 rings (SSSR count). The third-order valence-electron chi connectivity index (χ3n) is 14.0. The number of hydrogen-bond acceptors (Lipinski definition) is 12. The first-order chi connectivity index (χ1) is 30.6. The van der Waals surface area contributed by atoms with Crippen molar-refractivity contribution >= 4 is 64.7 Å². The fourth-order valence-electron chi connectivity index (χ4n) is 9.53. The number of thioether (sulfide) groups is 1. The molecule has 65 heavy (non-hydrogen) atoms. The molecule has 3 N–H and O–H groups in total. The smallest absolute Gasteiger partial charge is 0.409 e. The summed E-state index contributed by atoms with van der Waals surface area (Å²) in [4.78, 5) is 82.3. The molecule has 0 spiro atoms. The molecular formula is C48H67ClN4O11S. The summed E-state index contributed by atoms with van der Waals surface area (Å²) < 4.78 is 24.4. The lowest BCUT2D eigenvalue weighted by atomic mass is 9.81. The number of nitrogens with one attached hydrogen (secondary N) is 2. The van der Waals surface area contributed by atoms with Gasteiger partial charge in [-0.25, -0.2) is 9.59 Å². The minimum absolute atomic E-state index is 0.0213. The average Bonchev–Trinajstić information content (AvgIpc) is 3.88. The lowest BCUT2D eigenvalue weighted by molar-refractivity contribution is -0.177. The van der Waals surface area contributed by atoms with Crippen molar-refractivity contribution in [2.75, 3.05) is 37.9 Å². The SMILES string of the molecule is CNC(=O)[C@H]1CC[C@H](CN2C(=O)CC(SCCCOC(C)(C)C(=O)O[C@H]3CC(=O)N(C)c4cc(cc(C)c4Cl)C/C(C)=C/C=C/[C@@H](C)[C@@]4(O)CC(OC(=O)N4)[C@@H](C)[C@@H]4O[C@@]34C)C2=O)CC1. The summed E-state index contributed by atoms with van der Waals surface area (Å²) in [6.45, 7) is 13.0. The quantitative estimate of drug-likeness (QED) is 0.0989. The number of halogens is 1. The van der Waals surface area contributed by atoms with Crippen molar-refractivity contribution in [1.29, 1.82) is 0 Å². The first-order valence-corrected chi connectivity index (χ1v) is 24.3. The van der Waals surface area contributed by atoms with Gasteiger partial charge in [-0.1, -0.05) is 55.3 Å². The molecule has 17 heteroatoms. The normalized spacial score (nSPS) is 33.6. The molecule has 0 aromatic heterocycles. The lowest BCUT2D eigenvalue weighted by Gasteiger charge is -2.41. The summed E-state index contributed by atoms with van der Waals surface area (Å²) in [5.74, 6) is -1.71. The third-order valence-corrected chi connectivity index (χ3v) is 15.8. The molecule has 1 aliphatic carbocycles. The Labute approximate surface area is 392 Å². The van der Waals surface area contributed by atoms with Gasteiger partial charge in [0.2, 0.25) is 23.6 Å². The second-order valence-electron chi connectivity index (χ2n) is 19.4. The standard InChI is InChI=1S/C48H67ClN4O11S/c1-27-12-10-13-29(3)48(60)25-35(62-45(59)51-48)30(4)41-47(7,64-41)37(24-38(54)52(9)34-22-32(20-27)21-28(2)40(34)49)63-44(58)46(5,6)61-18-11-19-65-36-23-39(55)53(43(36)57)26-31-14-16-33(17-15-31)42(56)50-8/h10,12-13,21-22,29-31,33,35-37,41,60H,11,14-20,23-26H2,1-9H3,(H,50,56)(H,51,59)/b13-10+,27-12+/t29-,30-,31-,33-,35?,36?,37+,41+,47+,48+/m1/s1. The monoisotopic (exact) mass is 942 g/mol. The van der Waals surface area contributed by atoms with Crippen LogP contribution in [0.15, 0.2) is 35.9 Å². The Morgan fingerprint density at radius 2 is 1.78 bits per heavy atom. The Balaban J connectivity index is 1.11. The van der Waals surface area contributed by atoms with Crippen LogP contribution in [-0.2, 0) is 49.3 Å². The lowest BCUT2D eigenvalue weighted by Crippen LogP contribution is -2.60. The minimum atomic E-state index is -1.62. The van der Waals surface area contributed by atoms with Crippen molar-refractivity contribution in [3.05, 3.63) is 52.1 Å². The van der Waals surface area contributed by atoms with Gasteiger partial charge in [-0.15, -0.1) is 11.8 Å². The summed E-state index contributed by atoms with van der Waals surface area (Å²) in [5, 5.41) is 17.0. The highest BCUT2D eigenvalue weighted by Crippen LogP contribution is 2.49. The maximum atomic E-state index is 14.3. The minimum Gasteiger partial charge on any atom is -0.457 e. The van der Waals surface area contributed by atoms with E-state index >= 15 is 0 Å². The number of ether oxygens (including phenoxy) is 4. The highest BCUT2D eigenvalue weighted by molar-refractivity contribution is 8.00. The number of rotatable bonds is 11. The van der Waals surface area contributed by atoms with Crippen LogP contribution in [0, 0.1) is 30.6 Å². The van der Waals surface area contributed by atoms with E-state index in [1.165, 1.54) is 21.6 Å². The number of aryl methyl sites for hydroxylation is 1. The average molecular weight is 944 g/mol. The molecule has 5 aliphatic rings. The molecule has 0 radical (unpaired) electrons. The predicted octanol–water partition coefficient (Wildman–Crippen LogP) is 6.19. The van der Waals surface area contributed by atoms with Crippen molar-refractivity contribution in [2.45, 2.75) is 147 Å². The summed E-state index contributed by atoms with van der Waals surface area (Å²) in [5.41, 5.74) is -1.01. The summed E-state index contributed by atoms with van der Waals surface area (Å²) in [7, 11) is 3.27. The van der Waals surface area contributed by atoms with Gasteiger partial charge in [-0.05, 0) is 102 Å². The summed E-state index contributed by atoms with van der Waals surface area (Å²) in [6, 6.07) is 3.85. The fraction of sp³-hybridized carbons (Fsp3) is 0.667. The first-order valence-electron chi connectivity index (χ1n) is 22.9. The number of carbonyl (C=O) groups is 6. The number of carbonyl (C=O) groups excluding carboxylic acids is 6. The van der Waals surface area contributed by atoms with E-state index in [9.17, 15) is 33.9 Å². The maximum Gasteiger partial charge on any atom is 0.409 e. The molecule has 4 bridgehead atoms. The van der Waals surface area contributed by atoms with E-state index in [1.54, 1.807) is 34.9 Å². The van der Waals surface area contributed by atoms with E-state index in [1.807, 2.05) is 58.1 Å². The third kappa shape index (κ3) is 11.6. The van der Waals surface area contributed by atoms with Gasteiger partial charge in [-0.2, -0.15) is 0 Å². The van der Waals surface area contributed by atoms with Crippen molar-refractivity contribution in [2.24, 2.45) is 23.7 Å². The Morgan fingerprint density at radius 3 is 2.48 bits per heavy atom. The Bertz CT molecular complexity index is 2070. The second-order valence-corrected chi connectivity index (χ2v) is 21.1. The Kier molecular flexibility index (Phi) is 15.9. The molecule has 1 aromatic rings. The number of allylic oxidation sites excluding steroid dienone is 3. The van der Waals surface area contributed by atoms with Gasteiger partial charge >= 0.3 is 12.1 Å². The number of esters is 1. The zero-order valence-electron chi connectivity index (χ0n) is 39.2. The van der Waals surface area contributed by atoms with Gasteiger partial charge in [0.25, 0.3) is 0 Å². The van der Waals surface area contributed by atoms with Gasteiger partial charge in [0.05, 0.1) is 28.5 Å². The molecule has 2 unspecified atom stereocenters. The zero-order chi connectivity index (χ0) is 47.6. The van der Waals surface area contributed by atoms with Crippen LogP contribution < -0.4 is 15.5 Å². The van der Waals surface area contributed by atoms with E-state index in [2.05, 4.69) is 10.6 Å². The van der Waals surface area contributed by atoms with Crippen LogP contribution >= 0.6 is 23.4 Å². The summed E-state index contributed by atoms with van der Waals surface area (Å²) >= 11 is 8.22. The highest BCUT2D eigenvalue weighted by atomic mass is 35.5. The molecule has 15 nitrogen and oxygen atoms in total. The molecule has 1 saturated carbocycles. The number of fused-ring (bicyclic) bond motifs is 5. The van der Waals surface area contributed by atoms with Gasteiger partial charge in [0.1, 0.15) is 23.5 Å². The number of anilines is 1. The number of alkyl carbamates (subject to hydrolysis) is 1. The van der Waals surface area contributed by atoms with Crippen LogP contribution in [0.1, 0.15) is 104 Å². The van der Waals surface area contributed by atoms with E-state index in [0.717, 1.165) is 42.4 Å². The van der Waals surface area contributed by atoms with Gasteiger partial charge in [0.15, 0.2) is 5.60 Å². The van der Waals surface area contributed by atoms with E-state index < -0.39 is 64.4 Å². The number of benzene rings is 1. The number of epoxide rings is 1. The van der Waals surface area contributed by atoms with E-state index in [0.29, 0.717) is 35.8 Å². The predicted molar refractivity (Wildman–Crippen MR) is 247 cm³/mol. The number of aliphatic hydroxyl groups is 1. The molecule has 8 atom stereocenters. The number of nitrogens with zero attached hydrogens (tertiary/aromatic N) is 2. The Morgan fingerprint density at radius 1 is 1.08 bits per heavy atom. The van der Waals surface area contributed by atoms with E-state index in [4.69, 9.17) is 30.5 Å². The highest BCUT2D eigenvalue weighted by Gasteiger charge is 2.64. The molecule has 1 aromatic carbocycles. The molecule has 358 valence electrons.